The Bertz CT molecular complexity index is 863. The molecule has 6 nitrogen and oxygen atoms in total. The highest BCUT2D eigenvalue weighted by molar-refractivity contribution is 6.35. The Morgan fingerprint density at radius 3 is 2.72 bits per heavy atom. The number of likely N-dealkylation sites (tertiary alicyclic amines) is 1. The monoisotopic (exact) mass is 365 g/mol. The van der Waals surface area contributed by atoms with Crippen LogP contribution in [-0.4, -0.2) is 32.7 Å². The van der Waals surface area contributed by atoms with Crippen LogP contribution in [0.3, 0.4) is 0 Å². The molecule has 2 heterocycles. The number of carbonyl (C=O) groups is 1. The van der Waals surface area contributed by atoms with Gasteiger partial charge in [-0.05, 0) is 51.7 Å². The molecule has 1 N–H and O–H groups in total. The minimum atomic E-state index is -0.544. The van der Waals surface area contributed by atoms with Crippen LogP contribution in [0.25, 0.3) is 11.0 Å². The third-order valence-corrected chi connectivity index (χ3v) is 4.91. The molecule has 0 spiro atoms. The number of aromatic nitrogens is 2. The van der Waals surface area contributed by atoms with Gasteiger partial charge in [-0.1, -0.05) is 17.7 Å². The van der Waals surface area contributed by atoms with Crippen LogP contribution < -0.4 is 5.69 Å². The number of hydrogen-bond donors (Lipinski definition) is 1. The van der Waals surface area contributed by atoms with Gasteiger partial charge in [0.05, 0.1) is 22.1 Å². The molecule has 1 atom stereocenters. The van der Waals surface area contributed by atoms with E-state index >= 15 is 0 Å². The average Bonchev–Trinajstić information content (AvgIpc) is 2.81. The minimum Gasteiger partial charge on any atom is -0.444 e. The Kier molecular flexibility index (Phi) is 4.58. The van der Waals surface area contributed by atoms with E-state index in [1.807, 2.05) is 32.9 Å². The highest BCUT2D eigenvalue weighted by atomic mass is 35.5. The number of benzene rings is 1. The van der Waals surface area contributed by atoms with Gasteiger partial charge in [-0.15, -0.1) is 0 Å². The van der Waals surface area contributed by atoms with Gasteiger partial charge in [-0.25, -0.2) is 9.59 Å². The molecule has 1 aromatic carbocycles. The Balaban J connectivity index is 2.02. The largest absolute Gasteiger partial charge is 0.444 e. The van der Waals surface area contributed by atoms with Gasteiger partial charge in [0.2, 0.25) is 0 Å². The summed E-state index contributed by atoms with van der Waals surface area (Å²) >= 11 is 6.64. The maximum atomic E-state index is 12.6. The predicted molar refractivity (Wildman–Crippen MR) is 98.1 cm³/mol. The fraction of sp³-hybridized carbons (Fsp3) is 0.556. The van der Waals surface area contributed by atoms with Crippen LogP contribution in [0.2, 0.25) is 5.02 Å². The average molecular weight is 366 g/mol. The Hall–Kier alpha value is -1.95. The summed E-state index contributed by atoms with van der Waals surface area (Å²) < 4.78 is 7.07. The van der Waals surface area contributed by atoms with Gasteiger partial charge in [0.1, 0.15) is 5.60 Å². The first-order valence-electron chi connectivity index (χ1n) is 8.56. The zero-order chi connectivity index (χ0) is 18.4. The van der Waals surface area contributed by atoms with Crippen molar-refractivity contribution in [3.05, 3.63) is 33.2 Å². The highest BCUT2D eigenvalue weighted by Crippen LogP contribution is 2.38. The van der Waals surface area contributed by atoms with Gasteiger partial charge in [0.15, 0.2) is 0 Å². The van der Waals surface area contributed by atoms with Gasteiger partial charge in [0.25, 0.3) is 0 Å². The van der Waals surface area contributed by atoms with Gasteiger partial charge in [0, 0.05) is 13.6 Å². The van der Waals surface area contributed by atoms with E-state index in [0.717, 1.165) is 24.8 Å². The van der Waals surface area contributed by atoms with Gasteiger partial charge < -0.3 is 14.6 Å². The number of hydrogen-bond acceptors (Lipinski definition) is 3. The first-order chi connectivity index (χ1) is 11.7. The molecule has 0 saturated carbocycles. The number of rotatable bonds is 1. The molecule has 1 aliphatic rings. The molecule has 136 valence electrons. The van der Waals surface area contributed by atoms with Crippen LogP contribution in [0.1, 0.15) is 51.6 Å². The second kappa shape index (κ2) is 6.41. The molecule has 0 bridgehead atoms. The van der Waals surface area contributed by atoms with Crippen molar-refractivity contribution in [1.82, 2.24) is 14.5 Å². The Labute approximate surface area is 151 Å². The number of nitrogens with zero attached hydrogens (tertiary/aromatic N) is 2. The van der Waals surface area contributed by atoms with Gasteiger partial charge in [-0.3, -0.25) is 4.57 Å². The number of H-pyrrole nitrogens is 1. The highest BCUT2D eigenvalue weighted by Gasteiger charge is 2.33. The van der Waals surface area contributed by atoms with Crippen LogP contribution >= 0.6 is 11.6 Å². The lowest BCUT2D eigenvalue weighted by Gasteiger charge is -2.37. The van der Waals surface area contributed by atoms with Crippen molar-refractivity contribution >= 4 is 28.7 Å². The lowest BCUT2D eigenvalue weighted by molar-refractivity contribution is 0.00954. The summed E-state index contributed by atoms with van der Waals surface area (Å²) in [6.45, 7) is 6.22. The maximum absolute atomic E-state index is 12.6. The van der Waals surface area contributed by atoms with Gasteiger partial charge >= 0.3 is 11.8 Å². The minimum absolute atomic E-state index is 0.148. The molecule has 0 radical (unpaired) electrons. The first kappa shape index (κ1) is 17.9. The van der Waals surface area contributed by atoms with E-state index in [-0.39, 0.29) is 17.8 Å². The lowest BCUT2D eigenvalue weighted by atomic mass is 9.95. The molecule has 1 unspecified atom stereocenters. The first-order valence-corrected chi connectivity index (χ1v) is 8.93. The fourth-order valence-electron chi connectivity index (χ4n) is 3.36. The number of nitrogens with one attached hydrogen (secondary N) is 1. The van der Waals surface area contributed by atoms with Crippen LogP contribution in [0.15, 0.2) is 16.9 Å². The number of fused-ring (bicyclic) bond motifs is 1. The molecule has 1 fully saturated rings. The number of aromatic amines is 1. The number of halogens is 1. The number of carbonyl (C=O) groups excluding carboxylic acids is 1. The van der Waals surface area contributed by atoms with E-state index in [2.05, 4.69) is 4.98 Å². The summed E-state index contributed by atoms with van der Waals surface area (Å²) in [5.41, 5.74) is 1.47. The molecule has 1 saturated heterocycles. The molecule has 1 aromatic heterocycles. The molecule has 2 aromatic rings. The zero-order valence-electron chi connectivity index (χ0n) is 15.1. The van der Waals surface area contributed by atoms with Crippen LogP contribution in [-0.2, 0) is 11.8 Å². The maximum Gasteiger partial charge on any atom is 0.410 e. The lowest BCUT2D eigenvalue weighted by Crippen LogP contribution is -2.42. The third-order valence-electron chi connectivity index (χ3n) is 4.52. The third kappa shape index (κ3) is 3.40. The van der Waals surface area contributed by atoms with Crippen LogP contribution in [0.4, 0.5) is 4.79 Å². The van der Waals surface area contributed by atoms with Crippen LogP contribution in [0.5, 0.6) is 0 Å². The normalized spacial score (nSPS) is 18.6. The summed E-state index contributed by atoms with van der Waals surface area (Å²) in [6, 6.07) is 3.60. The zero-order valence-corrected chi connectivity index (χ0v) is 15.8. The molecule has 3 rings (SSSR count). The standard InChI is InChI=1S/C18H24ClN3O3/c1-18(2,3)25-17(24)22-10-6-5-7-13(22)11-8-9-12-15(14(11)19)21(4)16(23)20-12/h8-9,13H,5-7,10H2,1-4H3,(H,20,23). The fourth-order valence-corrected chi connectivity index (χ4v) is 3.78. The van der Waals surface area contributed by atoms with Gasteiger partial charge in [-0.2, -0.15) is 0 Å². The smallest absolute Gasteiger partial charge is 0.410 e. The molecule has 1 aliphatic heterocycles. The summed E-state index contributed by atoms with van der Waals surface area (Å²) in [4.78, 5) is 29.1. The molecule has 0 aliphatic carbocycles. The van der Waals surface area contributed by atoms with Crippen LogP contribution in [0, 0.1) is 0 Å². The number of amides is 1. The summed E-state index contributed by atoms with van der Waals surface area (Å²) in [6.07, 6.45) is 2.46. The van der Waals surface area contributed by atoms with Crippen molar-refractivity contribution in [3.8, 4) is 0 Å². The van der Waals surface area contributed by atoms with Crippen molar-refractivity contribution in [2.75, 3.05) is 6.54 Å². The number of imidazole rings is 1. The number of ether oxygens (including phenoxy) is 1. The molecule has 7 heteroatoms. The molecular weight excluding hydrogens is 342 g/mol. The van der Waals surface area contributed by atoms with Crippen molar-refractivity contribution in [3.63, 3.8) is 0 Å². The topological polar surface area (TPSA) is 67.3 Å². The van der Waals surface area contributed by atoms with E-state index in [1.54, 1.807) is 11.9 Å². The molecule has 25 heavy (non-hydrogen) atoms. The number of piperidine rings is 1. The molecular formula is C18H24ClN3O3. The van der Waals surface area contributed by atoms with Crippen molar-refractivity contribution in [2.24, 2.45) is 7.05 Å². The SMILES string of the molecule is Cn1c(=O)[nH]c2ccc(C3CCCCN3C(=O)OC(C)(C)C)c(Cl)c21. The second-order valence-electron chi connectivity index (χ2n) is 7.54. The summed E-state index contributed by atoms with van der Waals surface area (Å²) in [5.74, 6) is 0. The Morgan fingerprint density at radius 2 is 2.04 bits per heavy atom. The summed E-state index contributed by atoms with van der Waals surface area (Å²) in [5, 5.41) is 0.513. The van der Waals surface area contributed by atoms with E-state index in [4.69, 9.17) is 16.3 Å². The van der Waals surface area contributed by atoms with Crippen molar-refractivity contribution < 1.29 is 9.53 Å². The quantitative estimate of drug-likeness (QED) is 0.831. The van der Waals surface area contributed by atoms with E-state index in [9.17, 15) is 9.59 Å². The van der Waals surface area contributed by atoms with Crippen molar-refractivity contribution in [2.45, 2.75) is 51.7 Å². The predicted octanol–water partition coefficient (Wildman–Crippen LogP) is 3.98. The second-order valence-corrected chi connectivity index (χ2v) is 7.92. The summed E-state index contributed by atoms with van der Waals surface area (Å²) in [7, 11) is 1.68. The molecule has 1 amide bonds. The Morgan fingerprint density at radius 1 is 1.32 bits per heavy atom. The van der Waals surface area contributed by atoms with E-state index in [1.165, 1.54) is 4.57 Å². The van der Waals surface area contributed by atoms with Crippen molar-refractivity contribution in [1.29, 1.82) is 0 Å². The van der Waals surface area contributed by atoms with E-state index < -0.39 is 5.60 Å². The van der Waals surface area contributed by atoms with E-state index in [0.29, 0.717) is 22.6 Å². The number of aryl methyl sites for hydroxylation is 1.